The minimum atomic E-state index is 0.478. The van der Waals surface area contributed by atoms with Gasteiger partial charge in [-0.2, -0.15) is 0 Å². The lowest BCUT2D eigenvalue weighted by Crippen LogP contribution is -2.05. The molecule has 1 N–H and O–H groups in total. The zero-order valence-corrected chi connectivity index (χ0v) is 12.1. The molecule has 3 aromatic rings. The number of rotatable bonds is 5. The van der Waals surface area contributed by atoms with Gasteiger partial charge in [-0.15, -0.1) is 0 Å². The van der Waals surface area contributed by atoms with E-state index in [4.69, 9.17) is 4.74 Å². The average Bonchev–Trinajstić information content (AvgIpc) is 2.91. The molecule has 0 bridgehead atoms. The quantitative estimate of drug-likeness (QED) is 0.777. The van der Waals surface area contributed by atoms with Crippen molar-refractivity contribution < 1.29 is 4.74 Å². The first kappa shape index (κ1) is 13.5. The van der Waals surface area contributed by atoms with Gasteiger partial charge < -0.3 is 14.5 Å². The maximum atomic E-state index is 5.07. The molecule has 0 aromatic carbocycles. The van der Waals surface area contributed by atoms with Gasteiger partial charge in [-0.3, -0.25) is 0 Å². The number of nitrogens with zero attached hydrogens (tertiary/aromatic N) is 4. The Balaban J connectivity index is 1.77. The van der Waals surface area contributed by atoms with Crippen molar-refractivity contribution in [2.75, 3.05) is 12.4 Å². The number of pyridine rings is 1. The Labute approximate surface area is 122 Å². The van der Waals surface area contributed by atoms with Gasteiger partial charge in [0.15, 0.2) is 0 Å². The fourth-order valence-electron chi connectivity index (χ4n) is 2.24. The molecule has 0 unspecified atom stereocenters. The second-order valence-corrected chi connectivity index (χ2v) is 4.82. The highest BCUT2D eigenvalue weighted by Gasteiger charge is 2.05. The van der Waals surface area contributed by atoms with Gasteiger partial charge in [0, 0.05) is 19.4 Å². The monoisotopic (exact) mass is 283 g/mol. The highest BCUT2D eigenvalue weighted by atomic mass is 16.5. The molecule has 0 radical (unpaired) electrons. The van der Waals surface area contributed by atoms with Crippen LogP contribution in [0.1, 0.15) is 17.0 Å². The second kappa shape index (κ2) is 5.88. The Hall–Kier alpha value is -2.47. The van der Waals surface area contributed by atoms with E-state index in [2.05, 4.69) is 37.7 Å². The molecule has 0 aliphatic rings. The number of hydrogen-bond donors (Lipinski definition) is 1. The molecular weight excluding hydrogens is 266 g/mol. The van der Waals surface area contributed by atoms with E-state index < -0.39 is 0 Å². The van der Waals surface area contributed by atoms with Crippen LogP contribution < -0.4 is 5.32 Å². The Morgan fingerprint density at radius 1 is 1.29 bits per heavy atom. The number of nitrogens with one attached hydrogen (secondary N) is 1. The van der Waals surface area contributed by atoms with Crippen LogP contribution in [-0.4, -0.2) is 26.5 Å². The van der Waals surface area contributed by atoms with E-state index in [-0.39, 0.29) is 0 Å². The number of aryl methyl sites for hydroxylation is 1. The van der Waals surface area contributed by atoms with Crippen molar-refractivity contribution in [1.82, 2.24) is 19.4 Å². The first-order valence-corrected chi connectivity index (χ1v) is 6.73. The lowest BCUT2D eigenvalue weighted by Gasteiger charge is -2.07. The van der Waals surface area contributed by atoms with E-state index in [1.807, 2.05) is 24.5 Å². The van der Waals surface area contributed by atoms with Gasteiger partial charge in [0.2, 0.25) is 0 Å². The zero-order valence-electron chi connectivity index (χ0n) is 12.1. The minimum Gasteiger partial charge on any atom is -0.378 e. The summed E-state index contributed by atoms with van der Waals surface area (Å²) in [5.74, 6) is 0.777. The van der Waals surface area contributed by atoms with Crippen molar-refractivity contribution in [3.05, 3.63) is 53.9 Å². The van der Waals surface area contributed by atoms with Crippen molar-refractivity contribution in [3.8, 4) is 0 Å². The lowest BCUT2D eigenvalue weighted by molar-refractivity contribution is 0.181. The third-order valence-electron chi connectivity index (χ3n) is 3.27. The molecule has 0 spiro atoms. The van der Waals surface area contributed by atoms with Crippen LogP contribution >= 0.6 is 0 Å². The van der Waals surface area contributed by atoms with Crippen molar-refractivity contribution in [2.45, 2.75) is 20.1 Å². The summed E-state index contributed by atoms with van der Waals surface area (Å²) >= 11 is 0. The Morgan fingerprint density at radius 3 is 3.05 bits per heavy atom. The van der Waals surface area contributed by atoms with Gasteiger partial charge in [0.05, 0.1) is 30.7 Å². The lowest BCUT2D eigenvalue weighted by atomic mass is 10.3. The molecule has 6 nitrogen and oxygen atoms in total. The summed E-state index contributed by atoms with van der Waals surface area (Å²) in [5, 5.41) is 3.29. The van der Waals surface area contributed by atoms with Crippen LogP contribution in [0.25, 0.3) is 5.65 Å². The summed E-state index contributed by atoms with van der Waals surface area (Å²) in [6, 6.07) is 5.97. The van der Waals surface area contributed by atoms with Gasteiger partial charge in [0.25, 0.3) is 0 Å². The number of hydrogen-bond acceptors (Lipinski definition) is 5. The number of fused-ring (bicyclic) bond motifs is 1. The van der Waals surface area contributed by atoms with E-state index in [0.29, 0.717) is 13.2 Å². The molecule has 0 atom stereocenters. The SMILES string of the molecule is COCc1cc(NCc2cnc3c(C)cccn23)ncn1. The van der Waals surface area contributed by atoms with Crippen molar-refractivity contribution in [2.24, 2.45) is 0 Å². The summed E-state index contributed by atoms with van der Waals surface area (Å²) in [6.07, 6.45) is 5.44. The Bertz CT molecular complexity index is 753. The Morgan fingerprint density at radius 2 is 2.19 bits per heavy atom. The summed E-state index contributed by atoms with van der Waals surface area (Å²) in [6.45, 7) is 3.18. The van der Waals surface area contributed by atoms with Crippen molar-refractivity contribution >= 4 is 11.5 Å². The van der Waals surface area contributed by atoms with Crippen LogP contribution in [0.3, 0.4) is 0 Å². The highest BCUT2D eigenvalue weighted by Crippen LogP contribution is 2.13. The maximum absolute atomic E-state index is 5.07. The predicted molar refractivity (Wildman–Crippen MR) is 80.0 cm³/mol. The Kier molecular flexibility index (Phi) is 3.79. The summed E-state index contributed by atoms with van der Waals surface area (Å²) in [7, 11) is 1.65. The smallest absolute Gasteiger partial charge is 0.139 e. The van der Waals surface area contributed by atoms with Gasteiger partial charge in [-0.05, 0) is 18.6 Å². The first-order chi connectivity index (χ1) is 10.3. The van der Waals surface area contributed by atoms with E-state index >= 15 is 0 Å². The molecule has 3 rings (SSSR count). The molecule has 3 heterocycles. The normalized spacial score (nSPS) is 11.0. The van der Waals surface area contributed by atoms with E-state index in [1.165, 1.54) is 6.33 Å². The number of anilines is 1. The summed E-state index contributed by atoms with van der Waals surface area (Å²) in [5.41, 5.74) is 4.08. The fraction of sp³-hybridized carbons (Fsp3) is 0.267. The number of ether oxygens (including phenoxy) is 1. The first-order valence-electron chi connectivity index (χ1n) is 6.73. The largest absolute Gasteiger partial charge is 0.378 e. The minimum absolute atomic E-state index is 0.478. The molecule has 0 fully saturated rings. The molecule has 0 amide bonds. The molecule has 0 saturated heterocycles. The number of methoxy groups -OCH3 is 1. The molecule has 3 aromatic heterocycles. The number of imidazole rings is 1. The third kappa shape index (κ3) is 2.85. The van der Waals surface area contributed by atoms with Crippen molar-refractivity contribution in [1.29, 1.82) is 0 Å². The van der Waals surface area contributed by atoms with Gasteiger partial charge in [-0.1, -0.05) is 6.07 Å². The van der Waals surface area contributed by atoms with Gasteiger partial charge >= 0.3 is 0 Å². The van der Waals surface area contributed by atoms with Crippen LogP contribution in [0.5, 0.6) is 0 Å². The molecule has 21 heavy (non-hydrogen) atoms. The predicted octanol–water partition coefficient (Wildman–Crippen LogP) is 2.19. The van der Waals surface area contributed by atoms with E-state index in [0.717, 1.165) is 28.4 Å². The fourth-order valence-corrected chi connectivity index (χ4v) is 2.24. The molecule has 0 saturated carbocycles. The van der Waals surface area contributed by atoms with Gasteiger partial charge in [-0.25, -0.2) is 15.0 Å². The standard InChI is InChI=1S/C15H17N5O/c1-11-4-3-5-20-13(8-17-15(11)20)7-16-14-6-12(9-21-2)18-10-19-14/h3-6,8,10H,7,9H2,1-2H3,(H,16,18,19). The number of aromatic nitrogens is 4. The molecule has 0 aliphatic heterocycles. The summed E-state index contributed by atoms with van der Waals surface area (Å²) in [4.78, 5) is 12.8. The van der Waals surface area contributed by atoms with Crippen LogP contribution in [-0.2, 0) is 17.9 Å². The third-order valence-corrected chi connectivity index (χ3v) is 3.27. The second-order valence-electron chi connectivity index (χ2n) is 4.82. The van der Waals surface area contributed by atoms with Crippen LogP contribution in [0.2, 0.25) is 0 Å². The summed E-state index contributed by atoms with van der Waals surface area (Å²) < 4.78 is 7.15. The molecular formula is C15H17N5O. The van der Waals surface area contributed by atoms with Crippen LogP contribution in [0.4, 0.5) is 5.82 Å². The molecule has 108 valence electrons. The maximum Gasteiger partial charge on any atom is 0.139 e. The van der Waals surface area contributed by atoms with Crippen LogP contribution in [0.15, 0.2) is 36.9 Å². The van der Waals surface area contributed by atoms with Crippen molar-refractivity contribution in [3.63, 3.8) is 0 Å². The van der Waals surface area contributed by atoms with Crippen LogP contribution in [0, 0.1) is 6.92 Å². The topological polar surface area (TPSA) is 64.3 Å². The van der Waals surface area contributed by atoms with E-state index in [9.17, 15) is 0 Å². The molecule has 0 aliphatic carbocycles. The van der Waals surface area contributed by atoms with E-state index in [1.54, 1.807) is 7.11 Å². The highest BCUT2D eigenvalue weighted by molar-refractivity contribution is 5.48. The molecule has 6 heteroatoms. The average molecular weight is 283 g/mol. The van der Waals surface area contributed by atoms with Gasteiger partial charge in [0.1, 0.15) is 17.8 Å². The zero-order chi connectivity index (χ0) is 14.7.